The molecule has 0 N–H and O–H groups in total. The van der Waals surface area contributed by atoms with Gasteiger partial charge in [-0.25, -0.2) is 0 Å². The van der Waals surface area contributed by atoms with Gasteiger partial charge in [0.25, 0.3) is 0 Å². The fourth-order valence-corrected chi connectivity index (χ4v) is 5.27. The van der Waals surface area contributed by atoms with Gasteiger partial charge in [-0.05, 0) is 0 Å². The van der Waals surface area contributed by atoms with E-state index in [1.807, 2.05) is 0 Å². The fraction of sp³-hybridized carbons (Fsp3) is 0.800. The van der Waals surface area contributed by atoms with Crippen molar-refractivity contribution in [2.45, 2.75) is 35.6 Å². The van der Waals surface area contributed by atoms with Gasteiger partial charge in [0.15, 0.2) is 0 Å². The van der Waals surface area contributed by atoms with E-state index in [1.165, 1.54) is 0 Å². The number of carbonyl (C=O) groups is 2. The number of rotatable bonds is 8. The van der Waals surface area contributed by atoms with Crippen LogP contribution in [0.3, 0.4) is 0 Å². The Hall–Kier alpha value is 0.439. The number of carbonyl (C=O) groups excluding carboxylic acids is 2. The first-order valence-electron chi connectivity index (χ1n) is 5.56. The van der Waals surface area contributed by atoms with Gasteiger partial charge in [-0.3, -0.25) is 0 Å². The molecule has 0 saturated carbocycles. The monoisotopic (exact) mass is 388 g/mol. The first kappa shape index (κ1) is 17.4. The van der Waals surface area contributed by atoms with Crippen LogP contribution in [0.5, 0.6) is 0 Å². The summed E-state index contributed by atoms with van der Waals surface area (Å²) in [5.41, 5.74) is 0. The van der Waals surface area contributed by atoms with Gasteiger partial charge in [-0.1, -0.05) is 0 Å². The maximum absolute atomic E-state index is 11.4. The molecule has 0 bridgehead atoms. The molecule has 0 aliphatic heterocycles. The summed E-state index contributed by atoms with van der Waals surface area (Å²) < 4.78 is 10.5. The molecule has 0 amide bonds. The zero-order valence-corrected chi connectivity index (χ0v) is 14.9. The van der Waals surface area contributed by atoms with Gasteiger partial charge >= 0.3 is 119 Å². The number of hydrogen-bond donors (Lipinski definition) is 2. The predicted molar refractivity (Wildman–Crippen MR) is 75.8 cm³/mol. The molecular weight excluding hydrogens is 367 g/mol. The summed E-state index contributed by atoms with van der Waals surface area (Å²) in [6.07, 6.45) is 2.02. The van der Waals surface area contributed by atoms with Crippen LogP contribution >= 0.6 is 25.3 Å². The second kappa shape index (κ2) is 9.38. The molecule has 0 radical (unpaired) electrons. The van der Waals surface area contributed by atoms with E-state index in [-0.39, 0.29) is 11.9 Å². The van der Waals surface area contributed by atoms with Crippen LogP contribution < -0.4 is 0 Å². The van der Waals surface area contributed by atoms with Gasteiger partial charge in [0.1, 0.15) is 0 Å². The summed E-state index contributed by atoms with van der Waals surface area (Å²) in [6.45, 7) is 0. The zero-order valence-electron chi connectivity index (χ0n) is 10.3. The van der Waals surface area contributed by atoms with Crippen LogP contribution in [0.2, 0.25) is 9.88 Å². The van der Waals surface area contributed by atoms with Crippen molar-refractivity contribution in [3.05, 3.63) is 0 Å². The van der Waals surface area contributed by atoms with Crippen LogP contribution in [-0.2, 0) is 15.7 Å². The van der Waals surface area contributed by atoms with Gasteiger partial charge in [0, 0.05) is 0 Å². The summed E-state index contributed by atoms with van der Waals surface area (Å²) in [4.78, 5) is 26.3. The van der Waals surface area contributed by atoms with Crippen molar-refractivity contribution in [2.75, 3.05) is 11.5 Å². The van der Waals surface area contributed by atoms with E-state index < -0.39 is 19.2 Å². The molecule has 0 aliphatic carbocycles. The van der Waals surface area contributed by atoms with Crippen molar-refractivity contribution in [2.24, 2.45) is 0 Å². The Morgan fingerprint density at radius 3 is 1.59 bits per heavy atom. The quantitative estimate of drug-likeness (QED) is 0.496. The Labute approximate surface area is 119 Å². The normalized spacial score (nSPS) is 11.1. The molecular formula is C10H20O4S2Sn. The minimum atomic E-state index is -3.43. The van der Waals surface area contributed by atoms with Crippen molar-refractivity contribution in [1.29, 1.82) is 0 Å². The van der Waals surface area contributed by atoms with E-state index in [2.05, 4.69) is 25.3 Å². The summed E-state index contributed by atoms with van der Waals surface area (Å²) >= 11 is 4.60. The van der Waals surface area contributed by atoms with Crippen molar-refractivity contribution < 1.29 is 15.7 Å². The molecule has 0 saturated heterocycles. The Morgan fingerprint density at radius 1 is 0.941 bits per heavy atom. The molecule has 0 aromatic rings. The van der Waals surface area contributed by atoms with Crippen LogP contribution in [0.15, 0.2) is 0 Å². The molecule has 0 fully saturated rings. The summed E-state index contributed by atoms with van der Waals surface area (Å²) in [5.74, 6) is 0.711. The number of hydrogen-bond acceptors (Lipinski definition) is 6. The van der Waals surface area contributed by atoms with Gasteiger partial charge in [0.05, 0.1) is 0 Å². The van der Waals surface area contributed by atoms with Gasteiger partial charge in [-0.15, -0.1) is 0 Å². The molecule has 7 heteroatoms. The third-order valence-corrected chi connectivity index (χ3v) is 6.54. The Bertz CT molecular complexity index is 235. The molecule has 0 heterocycles. The standard InChI is InChI=1S/2C4H8O2S.2CH3.Sn/c2*5-4(6)2-1-3-7;;;/h2*7H,1-3H2,(H,5,6);2*1H3;/q;;;;+2/p-2. The van der Waals surface area contributed by atoms with E-state index in [0.717, 1.165) is 0 Å². The second-order valence-electron chi connectivity index (χ2n) is 4.00. The van der Waals surface area contributed by atoms with Gasteiger partial charge < -0.3 is 0 Å². The average Bonchev–Trinajstić information content (AvgIpc) is 2.22. The predicted octanol–water partition coefficient (Wildman–Crippen LogP) is 2.19. The fourth-order valence-electron chi connectivity index (χ4n) is 1.12. The van der Waals surface area contributed by atoms with Gasteiger partial charge in [0.2, 0.25) is 0 Å². The SMILES string of the molecule is [CH3][Sn]([CH3])([O]C(=O)CCCS)[O]C(=O)CCCS. The molecule has 0 spiro atoms. The van der Waals surface area contributed by atoms with Crippen molar-refractivity contribution >= 4 is 56.4 Å². The second-order valence-corrected chi connectivity index (χ2v) is 14.1. The van der Waals surface area contributed by atoms with Crippen LogP contribution in [0.1, 0.15) is 25.7 Å². The maximum atomic E-state index is 11.4. The van der Waals surface area contributed by atoms with Crippen LogP contribution in [0, 0.1) is 0 Å². The molecule has 0 aromatic carbocycles. The van der Waals surface area contributed by atoms with E-state index in [4.69, 9.17) is 6.15 Å². The summed E-state index contributed by atoms with van der Waals surface area (Å²) in [5, 5.41) is 0. The van der Waals surface area contributed by atoms with E-state index >= 15 is 0 Å². The topological polar surface area (TPSA) is 52.6 Å². The Kier molecular flexibility index (Phi) is 9.62. The Balaban J connectivity index is 4.01. The minimum absolute atomic E-state index is 0.290. The van der Waals surface area contributed by atoms with Crippen molar-refractivity contribution in [1.82, 2.24) is 0 Å². The molecule has 0 atom stereocenters. The number of thiol groups is 2. The zero-order chi connectivity index (χ0) is 13.3. The molecule has 0 rings (SSSR count). The van der Waals surface area contributed by atoms with Crippen LogP contribution in [-0.4, -0.2) is 42.6 Å². The molecule has 0 aromatic heterocycles. The molecule has 4 nitrogen and oxygen atoms in total. The molecule has 0 unspecified atom stereocenters. The molecule has 100 valence electrons. The average molecular weight is 387 g/mol. The summed E-state index contributed by atoms with van der Waals surface area (Å²) in [7, 11) is 0. The van der Waals surface area contributed by atoms with E-state index in [9.17, 15) is 9.59 Å². The third-order valence-electron chi connectivity index (χ3n) is 1.80. The van der Waals surface area contributed by atoms with Crippen molar-refractivity contribution in [3.63, 3.8) is 0 Å². The first-order valence-corrected chi connectivity index (χ1v) is 14.9. The molecule has 17 heavy (non-hydrogen) atoms. The third kappa shape index (κ3) is 10.1. The van der Waals surface area contributed by atoms with Crippen LogP contribution in [0.25, 0.3) is 0 Å². The molecule has 0 aliphatic rings. The van der Waals surface area contributed by atoms with Gasteiger partial charge in [-0.2, -0.15) is 0 Å². The Morgan fingerprint density at radius 2 is 1.29 bits per heavy atom. The van der Waals surface area contributed by atoms with E-state index in [1.54, 1.807) is 9.88 Å². The van der Waals surface area contributed by atoms with Crippen molar-refractivity contribution in [3.8, 4) is 0 Å². The summed E-state index contributed by atoms with van der Waals surface area (Å²) in [6, 6.07) is 0. The van der Waals surface area contributed by atoms with Crippen LogP contribution in [0.4, 0.5) is 0 Å². The van der Waals surface area contributed by atoms with E-state index in [0.29, 0.717) is 37.2 Å². The first-order chi connectivity index (χ1) is 7.91.